The molecular formula is C9H8BrNO3. The number of carboxylic acid groups (broad SMARTS) is 1. The molecule has 1 atom stereocenters. The van der Waals surface area contributed by atoms with Crippen molar-refractivity contribution in [1.29, 1.82) is 0 Å². The zero-order chi connectivity index (χ0) is 10.6. The molecule has 1 aromatic rings. The number of aliphatic carboxylic acids is 1. The first-order valence-electron chi connectivity index (χ1n) is 3.81. The number of halogens is 1. The van der Waals surface area contributed by atoms with Crippen molar-refractivity contribution >= 4 is 27.6 Å². The predicted molar refractivity (Wildman–Crippen MR) is 55.1 cm³/mol. The molecule has 0 heterocycles. The quantitative estimate of drug-likeness (QED) is 0.375. The van der Waals surface area contributed by atoms with Crippen molar-refractivity contribution in [3.8, 4) is 0 Å². The van der Waals surface area contributed by atoms with Crippen molar-refractivity contribution in [2.24, 2.45) is 5.16 Å². The topological polar surface area (TPSA) is 69.9 Å². The second kappa shape index (κ2) is 4.76. The Morgan fingerprint density at radius 2 is 1.93 bits per heavy atom. The summed E-state index contributed by atoms with van der Waals surface area (Å²) in [5, 5.41) is 20.4. The molecular weight excluding hydrogens is 250 g/mol. The summed E-state index contributed by atoms with van der Waals surface area (Å²) in [4.78, 5) is 9.63. The Morgan fingerprint density at radius 1 is 1.36 bits per heavy atom. The molecule has 5 heteroatoms. The summed E-state index contributed by atoms with van der Waals surface area (Å²) in [5.41, 5.74) is 0.650. The van der Waals surface area contributed by atoms with Gasteiger partial charge in [0.05, 0.1) is 0 Å². The molecule has 1 aromatic carbocycles. The number of carbonyl (C=O) groups is 1. The molecule has 0 saturated heterocycles. The van der Waals surface area contributed by atoms with Crippen LogP contribution in [0, 0.1) is 0 Å². The molecule has 0 bridgehead atoms. The van der Waals surface area contributed by atoms with Gasteiger partial charge in [-0.2, -0.15) is 0 Å². The van der Waals surface area contributed by atoms with Crippen LogP contribution < -0.4 is 0 Å². The van der Waals surface area contributed by atoms with E-state index in [1.54, 1.807) is 30.3 Å². The van der Waals surface area contributed by atoms with Gasteiger partial charge in [0, 0.05) is 5.56 Å². The molecule has 4 nitrogen and oxygen atoms in total. The van der Waals surface area contributed by atoms with Crippen LogP contribution >= 0.6 is 15.9 Å². The van der Waals surface area contributed by atoms with Crippen LogP contribution in [0.25, 0.3) is 0 Å². The summed E-state index contributed by atoms with van der Waals surface area (Å²) in [6.45, 7) is 0. The van der Waals surface area contributed by atoms with Crippen LogP contribution in [0.1, 0.15) is 5.56 Å². The fraction of sp³-hybridized carbons (Fsp3) is 0.111. The zero-order valence-electron chi connectivity index (χ0n) is 7.09. The molecule has 2 N–H and O–H groups in total. The average Bonchev–Trinajstić information content (AvgIpc) is 2.20. The molecule has 0 fully saturated rings. The minimum absolute atomic E-state index is 0.0816. The van der Waals surface area contributed by atoms with Gasteiger partial charge in [-0.3, -0.25) is 4.79 Å². The third-order valence-electron chi connectivity index (χ3n) is 1.63. The molecule has 0 radical (unpaired) electrons. The molecule has 0 saturated carbocycles. The van der Waals surface area contributed by atoms with E-state index in [0.717, 1.165) is 0 Å². The summed E-state index contributed by atoms with van der Waals surface area (Å²) in [5.74, 6) is -1.10. The normalized spacial score (nSPS) is 13.6. The van der Waals surface area contributed by atoms with E-state index in [-0.39, 0.29) is 5.71 Å². The predicted octanol–water partition coefficient (Wildman–Crippen LogP) is 1.71. The molecule has 0 spiro atoms. The van der Waals surface area contributed by atoms with Crippen molar-refractivity contribution in [2.45, 2.75) is 4.83 Å². The van der Waals surface area contributed by atoms with Crippen molar-refractivity contribution in [3.05, 3.63) is 35.9 Å². The average molecular weight is 258 g/mol. The first-order valence-corrected chi connectivity index (χ1v) is 4.72. The minimum atomic E-state index is -1.10. The number of oxime groups is 1. The highest BCUT2D eigenvalue weighted by Crippen LogP contribution is 2.11. The van der Waals surface area contributed by atoms with E-state index in [2.05, 4.69) is 21.1 Å². The van der Waals surface area contributed by atoms with Crippen LogP contribution in [0.4, 0.5) is 0 Å². The molecule has 1 unspecified atom stereocenters. The molecule has 0 aliphatic rings. The van der Waals surface area contributed by atoms with E-state index >= 15 is 0 Å². The second-order valence-corrected chi connectivity index (χ2v) is 3.47. The molecule has 74 valence electrons. The highest BCUT2D eigenvalue weighted by Gasteiger charge is 2.22. The lowest BCUT2D eigenvalue weighted by molar-refractivity contribution is -0.134. The number of alkyl halides is 1. The van der Waals surface area contributed by atoms with Crippen LogP contribution in [-0.2, 0) is 4.79 Å². The van der Waals surface area contributed by atoms with Crippen LogP contribution in [0.3, 0.4) is 0 Å². The first kappa shape index (κ1) is 10.7. The summed E-state index contributed by atoms with van der Waals surface area (Å²) in [7, 11) is 0. The number of benzene rings is 1. The van der Waals surface area contributed by atoms with E-state index in [1.165, 1.54) is 0 Å². The monoisotopic (exact) mass is 257 g/mol. The maximum atomic E-state index is 10.6. The standard InChI is InChI=1S/C9H8BrNO3/c10-7(9(12)13)8(11-14)6-4-2-1-3-5-6/h1-5,7,14H,(H,12,13)/b11-8+. The molecule has 0 aliphatic carbocycles. The van der Waals surface area contributed by atoms with Gasteiger partial charge in [-0.15, -0.1) is 0 Å². The molecule has 0 amide bonds. The largest absolute Gasteiger partial charge is 0.480 e. The fourth-order valence-corrected chi connectivity index (χ4v) is 1.34. The van der Waals surface area contributed by atoms with E-state index in [9.17, 15) is 4.79 Å². The number of nitrogens with zero attached hydrogens (tertiary/aromatic N) is 1. The van der Waals surface area contributed by atoms with Crippen LogP contribution in [0.5, 0.6) is 0 Å². The third-order valence-corrected chi connectivity index (χ3v) is 2.46. The fourth-order valence-electron chi connectivity index (χ4n) is 0.981. The smallest absolute Gasteiger partial charge is 0.323 e. The molecule has 0 aromatic heterocycles. The Labute approximate surface area is 89.0 Å². The summed E-state index contributed by atoms with van der Waals surface area (Å²) < 4.78 is 0. The second-order valence-electron chi connectivity index (χ2n) is 2.55. The maximum absolute atomic E-state index is 10.6. The van der Waals surface area contributed by atoms with Crippen LogP contribution in [0.2, 0.25) is 0 Å². The number of rotatable bonds is 3. The minimum Gasteiger partial charge on any atom is -0.480 e. The lowest BCUT2D eigenvalue weighted by Crippen LogP contribution is -2.24. The van der Waals surface area contributed by atoms with E-state index in [0.29, 0.717) is 5.56 Å². The van der Waals surface area contributed by atoms with Gasteiger partial charge in [-0.05, 0) is 0 Å². The maximum Gasteiger partial charge on any atom is 0.323 e. The lowest BCUT2D eigenvalue weighted by atomic mass is 10.1. The lowest BCUT2D eigenvalue weighted by Gasteiger charge is -2.06. The number of hydrogen-bond acceptors (Lipinski definition) is 3. The Balaban J connectivity index is 3.01. The summed E-state index contributed by atoms with van der Waals surface area (Å²) in [6, 6.07) is 8.62. The van der Waals surface area contributed by atoms with Gasteiger partial charge in [0.25, 0.3) is 0 Å². The van der Waals surface area contributed by atoms with Gasteiger partial charge in [-0.1, -0.05) is 51.4 Å². The van der Waals surface area contributed by atoms with Crippen molar-refractivity contribution in [3.63, 3.8) is 0 Å². The summed E-state index contributed by atoms with van der Waals surface area (Å²) >= 11 is 2.92. The highest BCUT2D eigenvalue weighted by molar-refractivity contribution is 9.10. The van der Waals surface area contributed by atoms with Crippen molar-refractivity contribution in [2.75, 3.05) is 0 Å². The third kappa shape index (κ3) is 2.32. The Morgan fingerprint density at radius 3 is 2.36 bits per heavy atom. The highest BCUT2D eigenvalue weighted by atomic mass is 79.9. The van der Waals surface area contributed by atoms with Crippen molar-refractivity contribution in [1.82, 2.24) is 0 Å². The van der Waals surface area contributed by atoms with E-state index in [1.807, 2.05) is 0 Å². The summed E-state index contributed by atoms with van der Waals surface area (Å²) in [6.07, 6.45) is 0. The molecule has 1 rings (SSSR count). The number of hydrogen-bond donors (Lipinski definition) is 2. The van der Waals surface area contributed by atoms with Gasteiger partial charge in [0.1, 0.15) is 5.71 Å². The Hall–Kier alpha value is -1.36. The SMILES string of the molecule is O=C(O)C(Br)/C(=N/O)c1ccccc1. The van der Waals surface area contributed by atoms with E-state index in [4.69, 9.17) is 10.3 Å². The van der Waals surface area contributed by atoms with Crippen LogP contribution in [0.15, 0.2) is 35.5 Å². The van der Waals surface area contributed by atoms with Gasteiger partial charge >= 0.3 is 5.97 Å². The first-order chi connectivity index (χ1) is 6.66. The molecule has 14 heavy (non-hydrogen) atoms. The van der Waals surface area contributed by atoms with Gasteiger partial charge in [0.2, 0.25) is 0 Å². The number of carboxylic acids is 1. The van der Waals surface area contributed by atoms with Gasteiger partial charge in [-0.25, -0.2) is 0 Å². The van der Waals surface area contributed by atoms with E-state index < -0.39 is 10.8 Å². The molecule has 0 aliphatic heterocycles. The Kier molecular flexibility index (Phi) is 3.64. The Bertz CT molecular complexity index is 350. The van der Waals surface area contributed by atoms with Gasteiger partial charge < -0.3 is 10.3 Å². The van der Waals surface area contributed by atoms with Gasteiger partial charge in [0.15, 0.2) is 4.83 Å². The van der Waals surface area contributed by atoms with Crippen LogP contribution in [-0.4, -0.2) is 26.8 Å². The van der Waals surface area contributed by atoms with Crippen molar-refractivity contribution < 1.29 is 15.1 Å². The zero-order valence-corrected chi connectivity index (χ0v) is 8.68.